The molecule has 0 fully saturated rings. The molecule has 0 radical (unpaired) electrons. The van der Waals surface area contributed by atoms with Crippen molar-refractivity contribution in [3.05, 3.63) is 69.0 Å². The molecule has 0 aromatic heterocycles. The van der Waals surface area contributed by atoms with E-state index in [1.807, 2.05) is 0 Å². The molecule has 0 heterocycles. The Hall–Kier alpha value is -2.14. The smallest absolute Gasteiger partial charge is 0.293 e. The molecule has 98 valence electrons. The van der Waals surface area contributed by atoms with Crippen LogP contribution in [0.15, 0.2) is 42.5 Å². The van der Waals surface area contributed by atoms with Crippen molar-refractivity contribution in [1.29, 1.82) is 0 Å². The number of nitro benzene ring substituents is 1. The molecular formula is C13H10ClFN2O2. The fourth-order valence-corrected chi connectivity index (χ4v) is 1.80. The first-order chi connectivity index (χ1) is 9.08. The van der Waals surface area contributed by atoms with E-state index in [2.05, 4.69) is 5.32 Å². The molecule has 0 atom stereocenters. The number of anilines is 1. The van der Waals surface area contributed by atoms with E-state index in [9.17, 15) is 14.5 Å². The number of nitrogens with zero attached hydrogens (tertiary/aromatic N) is 1. The molecule has 0 aliphatic rings. The second kappa shape index (κ2) is 5.67. The fourth-order valence-electron chi connectivity index (χ4n) is 1.64. The number of nitrogens with one attached hydrogen (secondary N) is 1. The lowest BCUT2D eigenvalue weighted by Crippen LogP contribution is -2.04. The molecule has 1 N–H and O–H groups in total. The van der Waals surface area contributed by atoms with Gasteiger partial charge in [0.15, 0.2) is 0 Å². The Kier molecular flexibility index (Phi) is 3.97. The van der Waals surface area contributed by atoms with Gasteiger partial charge in [0.05, 0.1) is 4.92 Å². The predicted molar refractivity (Wildman–Crippen MR) is 71.8 cm³/mol. The normalized spacial score (nSPS) is 10.2. The minimum absolute atomic E-state index is 0.135. The molecule has 0 aliphatic heterocycles. The number of benzene rings is 2. The third-order valence-corrected chi connectivity index (χ3v) is 2.82. The second-order valence-corrected chi connectivity index (χ2v) is 4.30. The van der Waals surface area contributed by atoms with Gasteiger partial charge in [0.25, 0.3) is 5.69 Å². The lowest BCUT2D eigenvalue weighted by atomic mass is 10.2. The van der Waals surface area contributed by atoms with Gasteiger partial charge in [-0.05, 0) is 18.2 Å². The second-order valence-electron chi connectivity index (χ2n) is 3.86. The van der Waals surface area contributed by atoms with Crippen molar-refractivity contribution >= 4 is 23.0 Å². The van der Waals surface area contributed by atoms with Crippen LogP contribution in [0.1, 0.15) is 5.56 Å². The summed E-state index contributed by atoms with van der Waals surface area (Å²) in [6.45, 7) is 0.162. The van der Waals surface area contributed by atoms with Crippen LogP contribution in [0.25, 0.3) is 0 Å². The van der Waals surface area contributed by atoms with Gasteiger partial charge in [-0.25, -0.2) is 4.39 Å². The van der Waals surface area contributed by atoms with E-state index in [0.717, 1.165) is 0 Å². The van der Waals surface area contributed by atoms with E-state index >= 15 is 0 Å². The number of hydrogen-bond acceptors (Lipinski definition) is 3. The maximum Gasteiger partial charge on any atom is 0.293 e. The molecule has 4 nitrogen and oxygen atoms in total. The summed E-state index contributed by atoms with van der Waals surface area (Å²) in [5.74, 6) is -0.355. The molecule has 0 unspecified atom stereocenters. The van der Waals surface area contributed by atoms with Gasteiger partial charge >= 0.3 is 0 Å². The summed E-state index contributed by atoms with van der Waals surface area (Å²) < 4.78 is 13.4. The van der Waals surface area contributed by atoms with Gasteiger partial charge in [-0.3, -0.25) is 10.1 Å². The van der Waals surface area contributed by atoms with E-state index in [1.165, 1.54) is 24.3 Å². The Balaban J connectivity index is 2.20. The van der Waals surface area contributed by atoms with Gasteiger partial charge in [0.1, 0.15) is 11.5 Å². The molecule has 0 bridgehead atoms. The number of hydrogen-bond donors (Lipinski definition) is 1. The minimum Gasteiger partial charge on any atom is -0.375 e. The van der Waals surface area contributed by atoms with Crippen molar-refractivity contribution in [3.8, 4) is 0 Å². The Labute approximate surface area is 114 Å². The number of rotatable bonds is 4. The Morgan fingerprint density at radius 2 is 2.00 bits per heavy atom. The lowest BCUT2D eigenvalue weighted by molar-refractivity contribution is -0.383. The van der Waals surface area contributed by atoms with Crippen LogP contribution in [0.3, 0.4) is 0 Å². The average Bonchev–Trinajstić information content (AvgIpc) is 2.38. The lowest BCUT2D eigenvalue weighted by Gasteiger charge is -2.08. The predicted octanol–water partition coefficient (Wildman–Crippen LogP) is 4.00. The molecule has 0 amide bonds. The van der Waals surface area contributed by atoms with Crippen molar-refractivity contribution < 1.29 is 9.31 Å². The molecule has 6 heteroatoms. The quantitative estimate of drug-likeness (QED) is 0.680. The van der Waals surface area contributed by atoms with Crippen LogP contribution in [0.2, 0.25) is 5.02 Å². The maximum absolute atomic E-state index is 13.4. The van der Waals surface area contributed by atoms with E-state index in [0.29, 0.717) is 11.3 Å². The molecule has 2 aromatic carbocycles. The van der Waals surface area contributed by atoms with Gasteiger partial charge < -0.3 is 5.32 Å². The summed E-state index contributed by atoms with van der Waals surface area (Å²) in [7, 11) is 0. The summed E-state index contributed by atoms with van der Waals surface area (Å²) in [5, 5.41) is 14.0. The van der Waals surface area contributed by atoms with Gasteiger partial charge in [-0.1, -0.05) is 29.8 Å². The van der Waals surface area contributed by atoms with Crippen LogP contribution in [-0.2, 0) is 6.54 Å². The number of nitro groups is 1. The summed E-state index contributed by atoms with van der Waals surface area (Å²) in [6, 6.07) is 10.5. The largest absolute Gasteiger partial charge is 0.375 e. The van der Waals surface area contributed by atoms with Crippen LogP contribution in [0.4, 0.5) is 15.8 Å². The Morgan fingerprint density at radius 3 is 2.68 bits per heavy atom. The fraction of sp³-hybridized carbons (Fsp3) is 0.0769. The van der Waals surface area contributed by atoms with Crippen LogP contribution in [0.5, 0.6) is 0 Å². The topological polar surface area (TPSA) is 55.2 Å². The van der Waals surface area contributed by atoms with Gasteiger partial charge in [0.2, 0.25) is 0 Å². The van der Waals surface area contributed by atoms with Crippen molar-refractivity contribution in [2.75, 3.05) is 5.32 Å². The molecule has 19 heavy (non-hydrogen) atoms. The standard InChI is InChI=1S/C13H10ClFN2O2/c14-10-5-6-12(13(7-10)17(18)19)16-8-9-3-1-2-4-11(9)15/h1-7,16H,8H2. The maximum atomic E-state index is 13.4. The van der Waals surface area contributed by atoms with E-state index in [4.69, 9.17) is 11.6 Å². The van der Waals surface area contributed by atoms with Crippen molar-refractivity contribution in [2.45, 2.75) is 6.54 Å². The van der Waals surface area contributed by atoms with E-state index in [-0.39, 0.29) is 23.1 Å². The van der Waals surface area contributed by atoms with Crippen LogP contribution in [-0.4, -0.2) is 4.92 Å². The highest BCUT2D eigenvalue weighted by Crippen LogP contribution is 2.28. The molecule has 2 rings (SSSR count). The van der Waals surface area contributed by atoms with Gasteiger partial charge in [0, 0.05) is 23.2 Å². The van der Waals surface area contributed by atoms with Crippen LogP contribution >= 0.6 is 11.6 Å². The average molecular weight is 281 g/mol. The van der Waals surface area contributed by atoms with E-state index < -0.39 is 4.92 Å². The third-order valence-electron chi connectivity index (χ3n) is 2.58. The third kappa shape index (κ3) is 3.20. The summed E-state index contributed by atoms with van der Waals surface area (Å²) in [4.78, 5) is 10.4. The molecule has 0 saturated carbocycles. The molecule has 0 aliphatic carbocycles. The van der Waals surface area contributed by atoms with Gasteiger partial charge in [-0.2, -0.15) is 0 Å². The first-order valence-electron chi connectivity index (χ1n) is 5.49. The molecule has 0 saturated heterocycles. The summed E-state index contributed by atoms with van der Waals surface area (Å²) in [6.07, 6.45) is 0. The summed E-state index contributed by atoms with van der Waals surface area (Å²) >= 11 is 5.71. The molecular weight excluding hydrogens is 271 g/mol. The minimum atomic E-state index is -0.532. The van der Waals surface area contributed by atoms with E-state index in [1.54, 1.807) is 18.2 Å². The van der Waals surface area contributed by atoms with Crippen molar-refractivity contribution in [3.63, 3.8) is 0 Å². The van der Waals surface area contributed by atoms with Crippen molar-refractivity contribution in [1.82, 2.24) is 0 Å². The molecule has 2 aromatic rings. The van der Waals surface area contributed by atoms with Crippen LogP contribution in [0, 0.1) is 15.9 Å². The van der Waals surface area contributed by atoms with Gasteiger partial charge in [-0.15, -0.1) is 0 Å². The Morgan fingerprint density at radius 1 is 1.26 bits per heavy atom. The highest BCUT2D eigenvalue weighted by molar-refractivity contribution is 6.30. The highest BCUT2D eigenvalue weighted by Gasteiger charge is 2.14. The first-order valence-corrected chi connectivity index (χ1v) is 5.87. The SMILES string of the molecule is O=[N+]([O-])c1cc(Cl)ccc1NCc1ccccc1F. The highest BCUT2D eigenvalue weighted by atomic mass is 35.5. The molecule has 0 spiro atoms. The zero-order chi connectivity index (χ0) is 13.8. The summed E-state index contributed by atoms with van der Waals surface area (Å²) in [5.41, 5.74) is 0.605. The van der Waals surface area contributed by atoms with Crippen LogP contribution < -0.4 is 5.32 Å². The number of halogens is 2. The monoisotopic (exact) mass is 280 g/mol. The zero-order valence-corrected chi connectivity index (χ0v) is 10.5. The zero-order valence-electron chi connectivity index (χ0n) is 9.77. The Bertz CT molecular complexity index is 619. The van der Waals surface area contributed by atoms with Crippen molar-refractivity contribution in [2.24, 2.45) is 0 Å². The first kappa shape index (κ1) is 13.3.